The van der Waals surface area contributed by atoms with Crippen molar-refractivity contribution in [3.63, 3.8) is 0 Å². The number of imidazole rings is 1. The second kappa shape index (κ2) is 7.98. The van der Waals surface area contributed by atoms with E-state index in [-0.39, 0.29) is 12.1 Å². The second-order valence-electron chi connectivity index (χ2n) is 7.88. The molecule has 1 unspecified atom stereocenters. The number of aromatic nitrogens is 3. The standard InChI is InChI=1S/C20H29N5O2/c1-5-8-16-14-22-18-11-10-17(23-25(16)18)21-13-15-9-6-7-12-24(15)19(26)27-20(2,3)4/h5,8,10-11,14-15H,6-7,9,12-13H2,1-4H3,(H,21,23)/b8-5-. The Morgan fingerprint density at radius 2 is 2.19 bits per heavy atom. The number of piperidine rings is 1. The fraction of sp³-hybridized carbons (Fsp3) is 0.550. The fourth-order valence-corrected chi connectivity index (χ4v) is 3.27. The van der Waals surface area contributed by atoms with E-state index in [4.69, 9.17) is 4.74 Å². The van der Waals surface area contributed by atoms with Gasteiger partial charge in [-0.3, -0.25) is 0 Å². The van der Waals surface area contributed by atoms with Crippen LogP contribution in [-0.2, 0) is 4.74 Å². The third-order valence-electron chi connectivity index (χ3n) is 4.50. The number of ether oxygens (including phenoxy) is 1. The first kappa shape index (κ1) is 19.2. The van der Waals surface area contributed by atoms with Crippen LogP contribution >= 0.6 is 0 Å². The van der Waals surface area contributed by atoms with E-state index >= 15 is 0 Å². The highest BCUT2D eigenvalue weighted by molar-refractivity contribution is 5.68. The molecule has 2 aromatic rings. The van der Waals surface area contributed by atoms with Crippen molar-refractivity contribution >= 4 is 23.6 Å². The number of carbonyl (C=O) groups excluding carboxylic acids is 1. The largest absolute Gasteiger partial charge is 0.444 e. The van der Waals surface area contributed by atoms with Gasteiger partial charge in [0.1, 0.15) is 11.4 Å². The Bertz CT molecular complexity index is 821. The van der Waals surface area contributed by atoms with E-state index in [1.165, 1.54) is 0 Å². The molecule has 1 N–H and O–H groups in total. The van der Waals surface area contributed by atoms with Gasteiger partial charge in [-0.15, -0.1) is 5.10 Å². The van der Waals surface area contributed by atoms with Crippen molar-refractivity contribution in [2.75, 3.05) is 18.4 Å². The number of nitrogens with zero attached hydrogens (tertiary/aromatic N) is 4. The van der Waals surface area contributed by atoms with Crippen molar-refractivity contribution in [1.29, 1.82) is 0 Å². The normalized spacial score (nSPS) is 18.2. The fourth-order valence-electron chi connectivity index (χ4n) is 3.27. The van der Waals surface area contributed by atoms with Crippen LogP contribution in [0.25, 0.3) is 11.7 Å². The minimum Gasteiger partial charge on any atom is -0.444 e. The molecule has 7 nitrogen and oxygen atoms in total. The zero-order chi connectivity index (χ0) is 19.4. The monoisotopic (exact) mass is 371 g/mol. The summed E-state index contributed by atoms with van der Waals surface area (Å²) in [7, 11) is 0. The highest BCUT2D eigenvalue weighted by Crippen LogP contribution is 2.21. The molecule has 1 amide bonds. The maximum Gasteiger partial charge on any atom is 0.410 e. The van der Waals surface area contributed by atoms with Crippen molar-refractivity contribution in [3.05, 3.63) is 30.1 Å². The lowest BCUT2D eigenvalue weighted by Gasteiger charge is -2.36. The molecule has 1 atom stereocenters. The number of carbonyl (C=O) groups is 1. The third kappa shape index (κ3) is 4.78. The van der Waals surface area contributed by atoms with E-state index in [1.807, 2.05) is 61.4 Å². The molecule has 146 valence electrons. The van der Waals surface area contributed by atoms with E-state index in [0.717, 1.165) is 43.0 Å². The molecular formula is C20H29N5O2. The summed E-state index contributed by atoms with van der Waals surface area (Å²) in [5.74, 6) is 0.765. The molecular weight excluding hydrogens is 342 g/mol. The molecule has 1 fully saturated rings. The number of hydrogen-bond donors (Lipinski definition) is 1. The highest BCUT2D eigenvalue weighted by Gasteiger charge is 2.30. The number of fused-ring (bicyclic) bond motifs is 1. The molecule has 3 rings (SSSR count). The predicted molar refractivity (Wildman–Crippen MR) is 107 cm³/mol. The zero-order valence-electron chi connectivity index (χ0n) is 16.6. The second-order valence-corrected chi connectivity index (χ2v) is 7.88. The van der Waals surface area contributed by atoms with Crippen molar-refractivity contribution in [1.82, 2.24) is 19.5 Å². The van der Waals surface area contributed by atoms with Gasteiger partial charge >= 0.3 is 6.09 Å². The van der Waals surface area contributed by atoms with Gasteiger partial charge in [-0.25, -0.2) is 14.3 Å². The summed E-state index contributed by atoms with van der Waals surface area (Å²) in [4.78, 5) is 18.7. The molecule has 3 heterocycles. The molecule has 0 spiro atoms. The predicted octanol–water partition coefficient (Wildman–Crippen LogP) is 3.96. The number of hydrogen-bond acceptors (Lipinski definition) is 5. The van der Waals surface area contributed by atoms with Gasteiger partial charge in [-0.05, 0) is 65.2 Å². The number of rotatable bonds is 4. The van der Waals surface area contributed by atoms with Crippen LogP contribution in [0.5, 0.6) is 0 Å². The molecule has 0 saturated carbocycles. The van der Waals surface area contributed by atoms with Gasteiger partial charge in [0.15, 0.2) is 5.65 Å². The van der Waals surface area contributed by atoms with Gasteiger partial charge in [0.25, 0.3) is 0 Å². The average molecular weight is 371 g/mol. The molecule has 1 saturated heterocycles. The van der Waals surface area contributed by atoms with E-state index < -0.39 is 5.60 Å². The summed E-state index contributed by atoms with van der Waals surface area (Å²) in [6.45, 7) is 9.04. The van der Waals surface area contributed by atoms with Gasteiger partial charge in [0.2, 0.25) is 0 Å². The Hall–Kier alpha value is -2.57. The van der Waals surface area contributed by atoms with Gasteiger partial charge < -0.3 is 15.0 Å². The van der Waals surface area contributed by atoms with E-state index in [2.05, 4.69) is 15.4 Å². The van der Waals surface area contributed by atoms with E-state index in [0.29, 0.717) is 6.54 Å². The average Bonchev–Trinajstić information content (AvgIpc) is 3.01. The van der Waals surface area contributed by atoms with Crippen molar-refractivity contribution in [3.8, 4) is 0 Å². The van der Waals surface area contributed by atoms with Crippen LogP contribution in [0.2, 0.25) is 0 Å². The zero-order valence-corrected chi connectivity index (χ0v) is 16.6. The summed E-state index contributed by atoms with van der Waals surface area (Å²) in [6.07, 6.45) is 8.60. The third-order valence-corrected chi connectivity index (χ3v) is 4.50. The van der Waals surface area contributed by atoms with Crippen LogP contribution < -0.4 is 5.32 Å². The van der Waals surface area contributed by atoms with Gasteiger partial charge in [-0.1, -0.05) is 6.08 Å². The van der Waals surface area contributed by atoms with Crippen LogP contribution in [0.1, 0.15) is 52.7 Å². The van der Waals surface area contributed by atoms with Crippen LogP contribution in [0.3, 0.4) is 0 Å². The first-order valence-electron chi connectivity index (χ1n) is 9.58. The number of nitrogens with one attached hydrogen (secondary N) is 1. The molecule has 7 heteroatoms. The molecule has 0 aromatic carbocycles. The Morgan fingerprint density at radius 1 is 1.37 bits per heavy atom. The number of amides is 1. The van der Waals surface area contributed by atoms with Crippen LogP contribution in [0, 0.1) is 0 Å². The van der Waals surface area contributed by atoms with Gasteiger partial charge in [-0.2, -0.15) is 0 Å². The number of anilines is 1. The van der Waals surface area contributed by atoms with Gasteiger partial charge in [0.05, 0.1) is 17.9 Å². The van der Waals surface area contributed by atoms with Crippen molar-refractivity contribution in [2.45, 2.75) is 58.6 Å². The Labute approximate surface area is 160 Å². The highest BCUT2D eigenvalue weighted by atomic mass is 16.6. The Morgan fingerprint density at radius 3 is 2.93 bits per heavy atom. The quantitative estimate of drug-likeness (QED) is 0.881. The molecule has 0 bridgehead atoms. The number of likely N-dealkylation sites (tertiary alicyclic amines) is 1. The Kier molecular flexibility index (Phi) is 5.68. The lowest BCUT2D eigenvalue weighted by atomic mass is 10.0. The SMILES string of the molecule is C/C=C\c1cnc2ccc(NCC3CCCCN3C(=O)OC(C)(C)C)nn12. The molecule has 27 heavy (non-hydrogen) atoms. The minimum absolute atomic E-state index is 0.101. The first-order chi connectivity index (χ1) is 12.9. The van der Waals surface area contributed by atoms with Gasteiger partial charge in [0, 0.05) is 13.1 Å². The summed E-state index contributed by atoms with van der Waals surface area (Å²) < 4.78 is 7.39. The topological polar surface area (TPSA) is 71.8 Å². The molecule has 0 radical (unpaired) electrons. The molecule has 1 aliphatic rings. The maximum absolute atomic E-state index is 12.5. The first-order valence-corrected chi connectivity index (χ1v) is 9.58. The molecule has 1 aliphatic heterocycles. The Balaban J connectivity index is 1.69. The summed E-state index contributed by atoms with van der Waals surface area (Å²) >= 11 is 0. The smallest absolute Gasteiger partial charge is 0.410 e. The summed E-state index contributed by atoms with van der Waals surface area (Å²) in [6, 6.07) is 3.96. The summed E-state index contributed by atoms with van der Waals surface area (Å²) in [5, 5.41) is 8.00. The van der Waals surface area contributed by atoms with Crippen molar-refractivity contribution in [2.24, 2.45) is 0 Å². The number of allylic oxidation sites excluding steroid dienone is 1. The minimum atomic E-state index is -0.482. The van der Waals surface area contributed by atoms with Crippen LogP contribution in [-0.4, -0.2) is 50.3 Å². The van der Waals surface area contributed by atoms with Crippen molar-refractivity contribution < 1.29 is 9.53 Å². The lowest BCUT2D eigenvalue weighted by Crippen LogP contribution is -2.49. The summed E-state index contributed by atoms with van der Waals surface area (Å²) in [5.41, 5.74) is 1.26. The van der Waals surface area contributed by atoms with Crippen LogP contribution in [0.15, 0.2) is 24.4 Å². The van der Waals surface area contributed by atoms with E-state index in [1.54, 1.807) is 6.20 Å². The lowest BCUT2D eigenvalue weighted by molar-refractivity contribution is 0.0114. The van der Waals surface area contributed by atoms with E-state index in [9.17, 15) is 4.79 Å². The molecule has 0 aliphatic carbocycles. The van der Waals surface area contributed by atoms with Crippen LogP contribution in [0.4, 0.5) is 10.6 Å². The molecule has 2 aromatic heterocycles. The maximum atomic E-state index is 12.5.